The van der Waals surface area contributed by atoms with Gasteiger partial charge in [0.15, 0.2) is 0 Å². The zero-order valence-corrected chi connectivity index (χ0v) is 11.5. The van der Waals surface area contributed by atoms with Crippen LogP contribution in [0.3, 0.4) is 0 Å². The molecule has 0 aliphatic heterocycles. The Bertz CT molecular complexity index is 611. The average Bonchev–Trinajstić information content (AvgIpc) is 2.83. The van der Waals surface area contributed by atoms with Gasteiger partial charge in [-0.05, 0) is 40.6 Å². The van der Waals surface area contributed by atoms with Crippen LogP contribution in [-0.2, 0) is 11.2 Å². The first-order chi connectivity index (χ1) is 9.06. The third-order valence-electron chi connectivity index (χ3n) is 2.47. The van der Waals surface area contributed by atoms with Crippen LogP contribution < -0.4 is 11.1 Å². The molecule has 0 aliphatic rings. The van der Waals surface area contributed by atoms with Gasteiger partial charge in [0.1, 0.15) is 10.8 Å². The number of nitrogens with one attached hydrogen (secondary N) is 1. The molecule has 3 N–H and O–H groups in total. The van der Waals surface area contributed by atoms with Crippen LogP contribution in [-0.4, -0.2) is 10.9 Å². The molecule has 2 rings (SSSR count). The molecule has 1 heterocycles. The van der Waals surface area contributed by atoms with E-state index >= 15 is 0 Å². The average molecular weight is 294 g/mol. The number of carbonyl (C=O) groups excluding carboxylic acids is 1. The summed E-state index contributed by atoms with van der Waals surface area (Å²) in [5, 5.41) is 6.49. The maximum absolute atomic E-state index is 13.1. The molecular formula is C13H11FN2OS2. The summed E-state index contributed by atoms with van der Waals surface area (Å²) >= 11 is 6.37. The smallest absolute Gasteiger partial charge is 0.228 e. The van der Waals surface area contributed by atoms with Gasteiger partial charge in [-0.25, -0.2) is 4.39 Å². The van der Waals surface area contributed by atoms with Crippen molar-refractivity contribution in [1.29, 1.82) is 0 Å². The van der Waals surface area contributed by atoms with Crippen LogP contribution in [0.5, 0.6) is 0 Å². The third kappa shape index (κ3) is 3.59. The second-order valence-electron chi connectivity index (χ2n) is 3.91. The zero-order chi connectivity index (χ0) is 13.8. The van der Waals surface area contributed by atoms with Crippen LogP contribution >= 0.6 is 23.6 Å². The summed E-state index contributed by atoms with van der Waals surface area (Å²) in [6.07, 6.45) is 0.262. The molecule has 1 amide bonds. The van der Waals surface area contributed by atoms with Crippen LogP contribution in [0.4, 0.5) is 10.1 Å². The molecule has 0 unspecified atom stereocenters. The molecule has 2 aromatic rings. The van der Waals surface area contributed by atoms with Crippen LogP contribution in [0.1, 0.15) is 11.1 Å². The number of nitrogens with two attached hydrogens (primary N) is 1. The van der Waals surface area contributed by atoms with Gasteiger partial charge >= 0.3 is 0 Å². The summed E-state index contributed by atoms with van der Waals surface area (Å²) in [7, 11) is 0. The molecule has 0 bridgehead atoms. The number of carbonyl (C=O) groups is 1. The van der Waals surface area contributed by atoms with Crippen LogP contribution in [0, 0.1) is 5.82 Å². The van der Waals surface area contributed by atoms with E-state index in [0.717, 1.165) is 5.56 Å². The number of amides is 1. The normalized spacial score (nSPS) is 10.2. The molecule has 0 aliphatic carbocycles. The molecule has 0 atom stereocenters. The van der Waals surface area contributed by atoms with E-state index in [1.54, 1.807) is 0 Å². The van der Waals surface area contributed by atoms with E-state index in [1.807, 2.05) is 16.8 Å². The molecule has 1 aromatic heterocycles. The van der Waals surface area contributed by atoms with Gasteiger partial charge in [0.2, 0.25) is 5.91 Å². The molecular weight excluding hydrogens is 283 g/mol. The van der Waals surface area contributed by atoms with E-state index in [1.165, 1.54) is 29.5 Å². The highest BCUT2D eigenvalue weighted by atomic mass is 32.1. The van der Waals surface area contributed by atoms with E-state index in [0.29, 0.717) is 11.3 Å². The van der Waals surface area contributed by atoms with Gasteiger partial charge in [0, 0.05) is 5.56 Å². The quantitative estimate of drug-likeness (QED) is 0.853. The predicted molar refractivity (Wildman–Crippen MR) is 78.9 cm³/mol. The Morgan fingerprint density at radius 3 is 2.84 bits per heavy atom. The fourth-order valence-corrected chi connectivity index (χ4v) is 2.44. The summed E-state index contributed by atoms with van der Waals surface area (Å²) in [6, 6.07) is 5.79. The first-order valence-corrected chi connectivity index (χ1v) is 6.81. The Kier molecular flexibility index (Phi) is 4.24. The van der Waals surface area contributed by atoms with Crippen molar-refractivity contribution < 1.29 is 9.18 Å². The fraction of sp³-hybridized carbons (Fsp3) is 0.0769. The lowest BCUT2D eigenvalue weighted by atomic mass is 10.1. The maximum atomic E-state index is 13.1. The number of hydrogen-bond acceptors (Lipinski definition) is 3. The van der Waals surface area contributed by atoms with Gasteiger partial charge in [-0.15, -0.1) is 0 Å². The topological polar surface area (TPSA) is 55.1 Å². The number of hydrogen-bond donors (Lipinski definition) is 2. The second-order valence-corrected chi connectivity index (χ2v) is 5.13. The first kappa shape index (κ1) is 13.6. The lowest BCUT2D eigenvalue weighted by molar-refractivity contribution is -0.115. The largest absolute Gasteiger partial charge is 0.389 e. The van der Waals surface area contributed by atoms with Crippen molar-refractivity contribution in [3.8, 4) is 0 Å². The number of rotatable bonds is 4. The van der Waals surface area contributed by atoms with Gasteiger partial charge in [-0.2, -0.15) is 11.3 Å². The monoisotopic (exact) mass is 294 g/mol. The molecule has 0 spiro atoms. The summed E-state index contributed by atoms with van der Waals surface area (Å²) < 4.78 is 13.1. The third-order valence-corrected chi connectivity index (χ3v) is 3.42. The van der Waals surface area contributed by atoms with Crippen molar-refractivity contribution in [3.63, 3.8) is 0 Å². The Morgan fingerprint density at radius 2 is 2.21 bits per heavy atom. The highest BCUT2D eigenvalue weighted by Crippen LogP contribution is 2.17. The highest BCUT2D eigenvalue weighted by molar-refractivity contribution is 7.80. The Labute approximate surface area is 119 Å². The molecule has 0 saturated heterocycles. The number of halogens is 1. The maximum Gasteiger partial charge on any atom is 0.228 e. The molecule has 0 radical (unpaired) electrons. The van der Waals surface area contributed by atoms with Crippen molar-refractivity contribution in [2.75, 3.05) is 5.32 Å². The molecule has 3 nitrogen and oxygen atoms in total. The summed E-state index contributed by atoms with van der Waals surface area (Å²) in [5.41, 5.74) is 7.19. The highest BCUT2D eigenvalue weighted by Gasteiger charge is 2.10. The van der Waals surface area contributed by atoms with Gasteiger partial charge in [-0.3, -0.25) is 4.79 Å². The lowest BCUT2D eigenvalue weighted by Crippen LogP contribution is -2.19. The number of benzene rings is 1. The standard InChI is InChI=1S/C13H11FN2OS2/c14-9-1-2-11(10(6-9)13(15)18)16-12(17)5-8-3-4-19-7-8/h1-4,6-7H,5H2,(H2,15,18)(H,16,17). The summed E-state index contributed by atoms with van der Waals surface area (Å²) in [5.74, 6) is -0.638. The van der Waals surface area contributed by atoms with Crippen LogP contribution in [0.15, 0.2) is 35.0 Å². The fourth-order valence-electron chi connectivity index (χ4n) is 1.60. The molecule has 0 fully saturated rings. The minimum atomic E-state index is -0.446. The second kappa shape index (κ2) is 5.90. The molecule has 19 heavy (non-hydrogen) atoms. The number of anilines is 1. The first-order valence-electron chi connectivity index (χ1n) is 5.46. The Balaban J connectivity index is 2.14. The number of thiocarbonyl (C=S) groups is 1. The van der Waals surface area contributed by atoms with Crippen molar-refractivity contribution in [2.45, 2.75) is 6.42 Å². The van der Waals surface area contributed by atoms with E-state index in [-0.39, 0.29) is 17.3 Å². The van der Waals surface area contributed by atoms with Crippen molar-refractivity contribution in [3.05, 3.63) is 52.0 Å². The summed E-state index contributed by atoms with van der Waals surface area (Å²) in [4.78, 5) is 11.9. The van der Waals surface area contributed by atoms with Crippen molar-refractivity contribution in [1.82, 2.24) is 0 Å². The zero-order valence-electron chi connectivity index (χ0n) is 9.85. The lowest BCUT2D eigenvalue weighted by Gasteiger charge is -2.10. The Morgan fingerprint density at radius 1 is 1.42 bits per heavy atom. The van der Waals surface area contributed by atoms with Gasteiger partial charge in [-0.1, -0.05) is 12.2 Å². The van der Waals surface area contributed by atoms with Crippen molar-refractivity contribution in [2.24, 2.45) is 5.73 Å². The Hall–Kier alpha value is -1.79. The van der Waals surface area contributed by atoms with Gasteiger partial charge in [0.25, 0.3) is 0 Å². The van der Waals surface area contributed by atoms with Gasteiger partial charge < -0.3 is 11.1 Å². The van der Waals surface area contributed by atoms with E-state index in [9.17, 15) is 9.18 Å². The van der Waals surface area contributed by atoms with Crippen LogP contribution in [0.2, 0.25) is 0 Å². The molecule has 1 aromatic carbocycles. The van der Waals surface area contributed by atoms with Gasteiger partial charge in [0.05, 0.1) is 12.1 Å². The van der Waals surface area contributed by atoms with E-state index in [4.69, 9.17) is 18.0 Å². The molecule has 0 saturated carbocycles. The molecule has 6 heteroatoms. The number of thiophene rings is 1. The van der Waals surface area contributed by atoms with E-state index in [2.05, 4.69) is 5.32 Å². The van der Waals surface area contributed by atoms with Crippen molar-refractivity contribution >= 4 is 40.1 Å². The minimum Gasteiger partial charge on any atom is -0.389 e. The summed E-state index contributed by atoms with van der Waals surface area (Å²) in [6.45, 7) is 0. The SMILES string of the molecule is NC(=S)c1cc(F)ccc1NC(=O)Cc1ccsc1. The minimum absolute atomic E-state index is 0.0466. The predicted octanol–water partition coefficient (Wildman–Crippen LogP) is 2.70. The molecule has 98 valence electrons. The van der Waals surface area contributed by atoms with E-state index < -0.39 is 5.82 Å². The van der Waals surface area contributed by atoms with Crippen LogP contribution in [0.25, 0.3) is 0 Å².